The molecular weight excluding hydrogens is 342 g/mol. The summed E-state index contributed by atoms with van der Waals surface area (Å²) in [6.45, 7) is 1.25. The van der Waals surface area contributed by atoms with Gasteiger partial charge in [-0.25, -0.2) is 9.97 Å². The Balaban J connectivity index is 1.45. The van der Waals surface area contributed by atoms with Gasteiger partial charge in [-0.1, -0.05) is 18.2 Å². The molecular formula is C20H21N5O2. The largest absolute Gasteiger partial charge is 0.496 e. The molecule has 7 nitrogen and oxygen atoms in total. The molecule has 3 aromatic rings. The number of rotatable bonds is 4. The number of carbonyl (C=O) groups is 1. The maximum absolute atomic E-state index is 12.9. The van der Waals surface area contributed by atoms with Gasteiger partial charge in [0.25, 0.3) is 5.91 Å². The van der Waals surface area contributed by atoms with Gasteiger partial charge in [0, 0.05) is 42.5 Å². The summed E-state index contributed by atoms with van der Waals surface area (Å²) >= 11 is 0. The molecule has 0 spiro atoms. The highest BCUT2D eigenvalue weighted by atomic mass is 16.5. The van der Waals surface area contributed by atoms with Crippen molar-refractivity contribution in [2.24, 2.45) is 0 Å². The van der Waals surface area contributed by atoms with Crippen molar-refractivity contribution < 1.29 is 9.53 Å². The standard InChI is InChI=1S/C20H21N5O2/c1-27-18-10-14(21)6-7-16(18)19(26)25-9-8-15(12-25)23-20-22-11-13-4-2-3-5-17(13)24-20/h2-7,10-11,15H,8-9,12,21H2,1H3,(H,22,23,24)/t15-/m0/s1. The number of nitrogens with two attached hydrogens (primary N) is 1. The first-order valence-electron chi connectivity index (χ1n) is 8.85. The lowest BCUT2D eigenvalue weighted by atomic mass is 10.1. The zero-order valence-electron chi connectivity index (χ0n) is 15.1. The number of aromatic nitrogens is 2. The van der Waals surface area contributed by atoms with Gasteiger partial charge in [0.2, 0.25) is 5.95 Å². The SMILES string of the molecule is COc1cc(N)ccc1C(=O)N1CC[C@H](Nc2ncc3ccccc3n2)C1. The molecule has 138 valence electrons. The molecule has 2 aromatic carbocycles. The Morgan fingerprint density at radius 1 is 1.30 bits per heavy atom. The number of nitrogen functional groups attached to an aromatic ring is 1. The molecule has 1 atom stereocenters. The number of fused-ring (bicyclic) bond motifs is 1. The van der Waals surface area contributed by atoms with Crippen molar-refractivity contribution in [3.05, 3.63) is 54.2 Å². The second-order valence-electron chi connectivity index (χ2n) is 6.59. The van der Waals surface area contributed by atoms with E-state index in [1.54, 1.807) is 18.2 Å². The Morgan fingerprint density at radius 2 is 2.15 bits per heavy atom. The van der Waals surface area contributed by atoms with Crippen molar-refractivity contribution in [2.75, 3.05) is 31.2 Å². The molecule has 0 unspecified atom stereocenters. The van der Waals surface area contributed by atoms with Crippen molar-refractivity contribution in [1.29, 1.82) is 0 Å². The van der Waals surface area contributed by atoms with Gasteiger partial charge >= 0.3 is 0 Å². The lowest BCUT2D eigenvalue weighted by molar-refractivity contribution is 0.0788. The van der Waals surface area contributed by atoms with Gasteiger partial charge in [-0.3, -0.25) is 4.79 Å². The summed E-state index contributed by atoms with van der Waals surface area (Å²) < 4.78 is 5.31. The number of nitrogens with one attached hydrogen (secondary N) is 1. The number of para-hydroxylation sites is 1. The van der Waals surface area contributed by atoms with Gasteiger partial charge in [-0.15, -0.1) is 0 Å². The Morgan fingerprint density at radius 3 is 3.00 bits per heavy atom. The van der Waals surface area contributed by atoms with Crippen molar-refractivity contribution in [1.82, 2.24) is 14.9 Å². The first-order chi connectivity index (χ1) is 13.1. The zero-order chi connectivity index (χ0) is 18.8. The molecule has 0 aliphatic carbocycles. The van der Waals surface area contributed by atoms with Crippen LogP contribution >= 0.6 is 0 Å². The van der Waals surface area contributed by atoms with Crippen LogP contribution in [0.25, 0.3) is 10.9 Å². The number of nitrogens with zero attached hydrogens (tertiary/aromatic N) is 3. The number of likely N-dealkylation sites (tertiary alicyclic amines) is 1. The summed E-state index contributed by atoms with van der Waals surface area (Å²) in [5, 5.41) is 4.34. The molecule has 0 radical (unpaired) electrons. The third kappa shape index (κ3) is 3.48. The van der Waals surface area contributed by atoms with E-state index in [-0.39, 0.29) is 11.9 Å². The topological polar surface area (TPSA) is 93.4 Å². The number of carbonyl (C=O) groups excluding carboxylic acids is 1. The molecule has 7 heteroatoms. The first-order valence-corrected chi connectivity index (χ1v) is 8.85. The van der Waals surface area contributed by atoms with E-state index in [1.165, 1.54) is 7.11 Å². The minimum absolute atomic E-state index is 0.0596. The summed E-state index contributed by atoms with van der Waals surface area (Å²) in [5.74, 6) is 1.02. The van der Waals surface area contributed by atoms with Crippen LogP contribution in [0.15, 0.2) is 48.7 Å². The van der Waals surface area contributed by atoms with Crippen LogP contribution in [0.3, 0.4) is 0 Å². The van der Waals surface area contributed by atoms with Crippen LogP contribution in [0.5, 0.6) is 5.75 Å². The minimum Gasteiger partial charge on any atom is -0.496 e. The Hall–Kier alpha value is -3.35. The van der Waals surface area contributed by atoms with Crippen LogP contribution in [0, 0.1) is 0 Å². The number of methoxy groups -OCH3 is 1. The van der Waals surface area contributed by atoms with Gasteiger partial charge in [-0.2, -0.15) is 0 Å². The monoisotopic (exact) mass is 363 g/mol. The third-order valence-electron chi connectivity index (χ3n) is 4.75. The van der Waals surface area contributed by atoms with E-state index in [2.05, 4.69) is 15.3 Å². The molecule has 1 fully saturated rings. The van der Waals surface area contributed by atoms with Crippen LogP contribution in [0.1, 0.15) is 16.8 Å². The Bertz CT molecular complexity index is 991. The molecule has 1 amide bonds. The molecule has 4 rings (SSSR count). The Kier molecular flexibility index (Phi) is 4.50. The number of hydrogen-bond donors (Lipinski definition) is 2. The number of anilines is 2. The van der Waals surface area contributed by atoms with Crippen molar-refractivity contribution in [3.8, 4) is 5.75 Å². The molecule has 1 aromatic heterocycles. The fraction of sp³-hybridized carbons (Fsp3) is 0.250. The number of amides is 1. The number of benzene rings is 2. The summed E-state index contributed by atoms with van der Waals surface area (Å²) in [7, 11) is 1.54. The fourth-order valence-corrected chi connectivity index (χ4v) is 3.34. The van der Waals surface area contributed by atoms with Gasteiger partial charge in [0.15, 0.2) is 0 Å². The lowest BCUT2D eigenvalue weighted by Gasteiger charge is -2.19. The highest BCUT2D eigenvalue weighted by molar-refractivity contribution is 5.97. The maximum Gasteiger partial charge on any atom is 0.257 e. The van der Waals surface area contributed by atoms with E-state index >= 15 is 0 Å². The fourth-order valence-electron chi connectivity index (χ4n) is 3.34. The van der Waals surface area contributed by atoms with E-state index in [0.29, 0.717) is 36.0 Å². The molecule has 1 saturated heterocycles. The summed E-state index contributed by atoms with van der Waals surface area (Å²) in [6, 6.07) is 13.1. The average Bonchev–Trinajstić information content (AvgIpc) is 3.15. The molecule has 0 saturated carbocycles. The van der Waals surface area contributed by atoms with Crippen LogP contribution in [0.2, 0.25) is 0 Å². The molecule has 27 heavy (non-hydrogen) atoms. The van der Waals surface area contributed by atoms with E-state index in [9.17, 15) is 4.79 Å². The average molecular weight is 363 g/mol. The third-order valence-corrected chi connectivity index (χ3v) is 4.75. The van der Waals surface area contributed by atoms with Crippen LogP contribution in [-0.2, 0) is 0 Å². The number of hydrogen-bond acceptors (Lipinski definition) is 6. The summed E-state index contributed by atoms with van der Waals surface area (Å²) in [4.78, 5) is 23.6. The molecule has 1 aliphatic rings. The molecule has 0 bridgehead atoms. The second kappa shape index (κ2) is 7.11. The van der Waals surface area contributed by atoms with Gasteiger partial charge < -0.3 is 20.7 Å². The van der Waals surface area contributed by atoms with Crippen LogP contribution in [-0.4, -0.2) is 47.0 Å². The van der Waals surface area contributed by atoms with Crippen LogP contribution in [0.4, 0.5) is 11.6 Å². The molecule has 2 heterocycles. The maximum atomic E-state index is 12.9. The predicted molar refractivity (Wildman–Crippen MR) is 105 cm³/mol. The van der Waals surface area contributed by atoms with Crippen molar-refractivity contribution in [2.45, 2.75) is 12.5 Å². The normalized spacial score (nSPS) is 16.5. The smallest absolute Gasteiger partial charge is 0.257 e. The Labute approximate surface area is 157 Å². The predicted octanol–water partition coefficient (Wildman–Crippen LogP) is 2.55. The van der Waals surface area contributed by atoms with E-state index in [0.717, 1.165) is 17.3 Å². The van der Waals surface area contributed by atoms with Gasteiger partial charge in [-0.05, 0) is 24.6 Å². The molecule has 3 N–H and O–H groups in total. The highest BCUT2D eigenvalue weighted by Gasteiger charge is 2.29. The van der Waals surface area contributed by atoms with Gasteiger partial charge in [0.1, 0.15) is 5.75 Å². The minimum atomic E-state index is -0.0596. The van der Waals surface area contributed by atoms with E-state index < -0.39 is 0 Å². The van der Waals surface area contributed by atoms with Crippen molar-refractivity contribution in [3.63, 3.8) is 0 Å². The number of ether oxygens (including phenoxy) is 1. The van der Waals surface area contributed by atoms with Gasteiger partial charge in [0.05, 0.1) is 18.2 Å². The quantitative estimate of drug-likeness (QED) is 0.692. The zero-order valence-corrected chi connectivity index (χ0v) is 15.1. The van der Waals surface area contributed by atoms with Crippen molar-refractivity contribution >= 4 is 28.4 Å². The highest BCUT2D eigenvalue weighted by Crippen LogP contribution is 2.25. The van der Waals surface area contributed by atoms with E-state index in [4.69, 9.17) is 10.5 Å². The van der Waals surface area contributed by atoms with E-state index in [1.807, 2.05) is 35.4 Å². The summed E-state index contributed by atoms with van der Waals surface area (Å²) in [6.07, 6.45) is 2.64. The molecule has 1 aliphatic heterocycles. The first kappa shape index (κ1) is 17.1. The second-order valence-corrected chi connectivity index (χ2v) is 6.59. The lowest BCUT2D eigenvalue weighted by Crippen LogP contribution is -2.32. The summed E-state index contributed by atoms with van der Waals surface area (Å²) in [5.41, 5.74) is 7.76. The van der Waals surface area contributed by atoms with Crippen LogP contribution < -0.4 is 15.8 Å².